The first-order valence-corrected chi connectivity index (χ1v) is 6.93. The van der Waals surface area contributed by atoms with Crippen LogP contribution in [0.2, 0.25) is 0 Å². The van der Waals surface area contributed by atoms with Crippen molar-refractivity contribution in [2.45, 2.75) is 4.90 Å². The van der Waals surface area contributed by atoms with Gasteiger partial charge in [-0.1, -0.05) is 12.1 Å². The molecule has 0 spiro atoms. The molecule has 1 aromatic heterocycles. The van der Waals surface area contributed by atoms with Gasteiger partial charge in [0.05, 0.1) is 5.69 Å². The molecule has 0 unspecified atom stereocenters. The van der Waals surface area contributed by atoms with Crippen molar-refractivity contribution in [3.05, 3.63) is 46.8 Å². The van der Waals surface area contributed by atoms with Crippen molar-refractivity contribution in [3.63, 3.8) is 0 Å². The zero-order chi connectivity index (χ0) is 12.3. The quantitative estimate of drug-likeness (QED) is 0.848. The van der Waals surface area contributed by atoms with Crippen molar-refractivity contribution in [2.75, 3.05) is 11.6 Å². The van der Waals surface area contributed by atoms with Gasteiger partial charge in [0, 0.05) is 15.6 Å². The summed E-state index contributed by atoms with van der Waals surface area (Å²) in [4.78, 5) is 5.06. The third-order valence-electron chi connectivity index (χ3n) is 2.17. The zero-order valence-corrected chi connectivity index (χ0v) is 11.5. The molecule has 2 nitrogen and oxygen atoms in total. The van der Waals surface area contributed by atoms with Gasteiger partial charge in [-0.25, -0.2) is 9.37 Å². The van der Waals surface area contributed by atoms with Crippen LogP contribution in [-0.2, 0) is 0 Å². The normalized spacial score (nSPS) is 10.3. The molecule has 0 aliphatic heterocycles. The summed E-state index contributed by atoms with van der Waals surface area (Å²) in [5, 5.41) is 2.99. The number of hydrogen-bond acceptors (Lipinski definition) is 3. The predicted molar refractivity (Wildman–Crippen MR) is 73.4 cm³/mol. The van der Waals surface area contributed by atoms with Crippen LogP contribution >= 0.6 is 27.7 Å². The highest BCUT2D eigenvalue weighted by molar-refractivity contribution is 9.10. The number of nitrogens with one attached hydrogen (secondary N) is 1. The number of nitrogens with zero attached hydrogens (tertiary/aromatic N) is 1. The first kappa shape index (κ1) is 12.4. The molecule has 0 atom stereocenters. The number of aromatic nitrogens is 1. The molecule has 0 aliphatic rings. The zero-order valence-electron chi connectivity index (χ0n) is 9.08. The van der Waals surface area contributed by atoms with Gasteiger partial charge in [0.15, 0.2) is 11.6 Å². The Morgan fingerprint density at radius 1 is 1.35 bits per heavy atom. The van der Waals surface area contributed by atoms with Gasteiger partial charge in [-0.2, -0.15) is 0 Å². The number of halogens is 2. The molecule has 1 heterocycles. The maximum Gasteiger partial charge on any atom is 0.166 e. The summed E-state index contributed by atoms with van der Waals surface area (Å²) in [6.07, 6.45) is 3.54. The molecule has 1 N–H and O–H groups in total. The van der Waals surface area contributed by atoms with E-state index in [9.17, 15) is 4.39 Å². The van der Waals surface area contributed by atoms with Crippen molar-refractivity contribution >= 4 is 39.2 Å². The second kappa shape index (κ2) is 5.51. The van der Waals surface area contributed by atoms with Crippen LogP contribution in [0.1, 0.15) is 0 Å². The number of para-hydroxylation sites is 1. The number of pyridine rings is 1. The second-order valence-corrected chi connectivity index (χ2v) is 5.07. The standard InChI is InChI=1S/C12H10BrFN2S/c1-17-11-5-3-2-4-10(11)16-12-9(14)6-8(13)7-15-12/h2-7H,1H3,(H,15,16). The van der Waals surface area contributed by atoms with E-state index < -0.39 is 0 Å². The molecule has 88 valence electrons. The third-order valence-corrected chi connectivity index (χ3v) is 3.40. The summed E-state index contributed by atoms with van der Waals surface area (Å²) in [6.45, 7) is 0. The molecule has 0 bridgehead atoms. The molecule has 0 amide bonds. The summed E-state index contributed by atoms with van der Waals surface area (Å²) in [5.41, 5.74) is 0.855. The Morgan fingerprint density at radius 2 is 2.12 bits per heavy atom. The number of anilines is 2. The van der Waals surface area contributed by atoms with Crippen LogP contribution in [0.25, 0.3) is 0 Å². The fraction of sp³-hybridized carbons (Fsp3) is 0.0833. The lowest BCUT2D eigenvalue weighted by molar-refractivity contribution is 0.625. The molecular formula is C12H10BrFN2S. The van der Waals surface area contributed by atoms with Crippen LogP contribution in [0.5, 0.6) is 0 Å². The van der Waals surface area contributed by atoms with Crippen LogP contribution in [0.4, 0.5) is 15.9 Å². The van der Waals surface area contributed by atoms with Gasteiger partial charge in [0.1, 0.15) is 0 Å². The van der Waals surface area contributed by atoms with E-state index in [1.54, 1.807) is 18.0 Å². The summed E-state index contributed by atoms with van der Waals surface area (Å²) >= 11 is 4.78. The predicted octanol–water partition coefficient (Wildman–Crippen LogP) is 4.45. The lowest BCUT2D eigenvalue weighted by atomic mass is 10.3. The molecule has 0 saturated heterocycles. The van der Waals surface area contributed by atoms with Crippen molar-refractivity contribution in [1.82, 2.24) is 4.98 Å². The average Bonchev–Trinajstić information content (AvgIpc) is 2.33. The Labute approximate surface area is 112 Å². The van der Waals surface area contributed by atoms with Crippen LogP contribution in [0, 0.1) is 5.82 Å². The molecule has 0 fully saturated rings. The molecular weight excluding hydrogens is 303 g/mol. The third kappa shape index (κ3) is 2.98. The summed E-state index contributed by atoms with van der Waals surface area (Å²) in [6, 6.07) is 9.11. The summed E-state index contributed by atoms with van der Waals surface area (Å²) in [7, 11) is 0. The van der Waals surface area contributed by atoms with Gasteiger partial charge < -0.3 is 5.32 Å². The minimum atomic E-state index is -0.379. The number of thioether (sulfide) groups is 1. The van der Waals surface area contributed by atoms with Gasteiger partial charge in [-0.3, -0.25) is 0 Å². The average molecular weight is 313 g/mol. The van der Waals surface area contributed by atoms with Gasteiger partial charge in [-0.05, 0) is 40.4 Å². The maximum absolute atomic E-state index is 13.6. The van der Waals surface area contributed by atoms with Crippen LogP contribution in [0.3, 0.4) is 0 Å². The van der Waals surface area contributed by atoms with Gasteiger partial charge in [-0.15, -0.1) is 11.8 Å². The number of rotatable bonds is 3. The minimum absolute atomic E-state index is 0.231. The van der Waals surface area contributed by atoms with E-state index in [1.165, 1.54) is 6.07 Å². The molecule has 2 aromatic rings. The van der Waals surface area contributed by atoms with E-state index in [0.717, 1.165) is 10.6 Å². The number of benzene rings is 1. The van der Waals surface area contributed by atoms with Crippen molar-refractivity contribution in [1.29, 1.82) is 0 Å². The molecule has 17 heavy (non-hydrogen) atoms. The Bertz CT molecular complexity index is 534. The Balaban J connectivity index is 2.31. The van der Waals surface area contributed by atoms with E-state index >= 15 is 0 Å². The Kier molecular flexibility index (Phi) is 4.02. The Hall–Kier alpha value is -1.07. The van der Waals surface area contributed by atoms with Crippen molar-refractivity contribution in [3.8, 4) is 0 Å². The first-order valence-electron chi connectivity index (χ1n) is 4.92. The SMILES string of the molecule is CSc1ccccc1Nc1ncc(Br)cc1F. The van der Waals surface area contributed by atoms with E-state index in [4.69, 9.17) is 0 Å². The smallest absolute Gasteiger partial charge is 0.166 e. The minimum Gasteiger partial charge on any atom is -0.337 e. The Morgan fingerprint density at radius 3 is 2.82 bits per heavy atom. The van der Waals surface area contributed by atoms with Gasteiger partial charge in [0.25, 0.3) is 0 Å². The first-order chi connectivity index (χ1) is 8.20. The van der Waals surface area contributed by atoms with E-state index in [-0.39, 0.29) is 11.6 Å². The number of hydrogen-bond donors (Lipinski definition) is 1. The van der Waals surface area contributed by atoms with Crippen molar-refractivity contribution < 1.29 is 4.39 Å². The maximum atomic E-state index is 13.6. The van der Waals surface area contributed by atoms with E-state index in [2.05, 4.69) is 26.2 Å². The molecule has 1 aromatic carbocycles. The molecule has 2 rings (SSSR count). The van der Waals surface area contributed by atoms with E-state index in [1.807, 2.05) is 30.5 Å². The molecule has 0 radical (unpaired) electrons. The lowest BCUT2D eigenvalue weighted by Gasteiger charge is -2.10. The highest BCUT2D eigenvalue weighted by Crippen LogP contribution is 2.28. The van der Waals surface area contributed by atoms with E-state index in [0.29, 0.717) is 4.47 Å². The van der Waals surface area contributed by atoms with Gasteiger partial charge in [0.2, 0.25) is 0 Å². The topological polar surface area (TPSA) is 24.9 Å². The fourth-order valence-electron chi connectivity index (χ4n) is 1.38. The fourth-order valence-corrected chi connectivity index (χ4v) is 2.24. The van der Waals surface area contributed by atoms with Crippen LogP contribution < -0.4 is 5.32 Å². The lowest BCUT2D eigenvalue weighted by Crippen LogP contribution is -1.98. The molecule has 5 heteroatoms. The van der Waals surface area contributed by atoms with Crippen LogP contribution in [0.15, 0.2) is 45.9 Å². The molecule has 0 saturated carbocycles. The largest absolute Gasteiger partial charge is 0.337 e. The monoisotopic (exact) mass is 312 g/mol. The summed E-state index contributed by atoms with van der Waals surface area (Å²) < 4.78 is 14.2. The highest BCUT2D eigenvalue weighted by atomic mass is 79.9. The highest BCUT2D eigenvalue weighted by Gasteiger charge is 2.07. The van der Waals surface area contributed by atoms with Gasteiger partial charge >= 0.3 is 0 Å². The molecule has 0 aliphatic carbocycles. The van der Waals surface area contributed by atoms with Crippen molar-refractivity contribution in [2.24, 2.45) is 0 Å². The summed E-state index contributed by atoms with van der Waals surface area (Å²) in [5.74, 6) is -0.148. The second-order valence-electron chi connectivity index (χ2n) is 3.31. The van der Waals surface area contributed by atoms with Crippen LogP contribution in [-0.4, -0.2) is 11.2 Å².